The predicted molar refractivity (Wildman–Crippen MR) is 74.7 cm³/mol. The summed E-state index contributed by atoms with van der Waals surface area (Å²) in [6, 6.07) is 5.49. The first-order valence-electron chi connectivity index (χ1n) is 6.01. The number of rotatable bonds is 2. The van der Waals surface area contributed by atoms with Crippen LogP contribution in [0.3, 0.4) is 0 Å². The minimum Gasteiger partial charge on any atom is -0.384 e. The summed E-state index contributed by atoms with van der Waals surface area (Å²) in [5.74, 6) is 0.0410. The number of nitrogens with one attached hydrogen (secondary N) is 1. The first kappa shape index (κ1) is 13.2. The fourth-order valence-corrected chi connectivity index (χ4v) is 2.55. The van der Waals surface area contributed by atoms with Gasteiger partial charge in [0.05, 0.1) is 12.2 Å². The number of nitrogens with zero attached hydrogens (tertiary/aromatic N) is 1. The molecular weight excluding hydrogens is 250 g/mol. The van der Waals surface area contributed by atoms with Gasteiger partial charge in [-0.3, -0.25) is 5.41 Å². The Morgan fingerprint density at radius 1 is 1.39 bits per heavy atom. The van der Waals surface area contributed by atoms with Crippen molar-refractivity contribution in [2.24, 2.45) is 5.73 Å². The fraction of sp³-hybridized carbons (Fsp3) is 0.462. The summed E-state index contributed by atoms with van der Waals surface area (Å²) in [5.41, 5.74) is 7.26. The van der Waals surface area contributed by atoms with E-state index in [4.69, 9.17) is 27.5 Å². The first-order valence-corrected chi connectivity index (χ1v) is 6.39. The van der Waals surface area contributed by atoms with Crippen LogP contribution in [0, 0.1) is 5.41 Å². The predicted octanol–water partition coefficient (Wildman–Crippen LogP) is 2.24. The molecule has 2 rings (SSSR count). The lowest BCUT2D eigenvalue weighted by Gasteiger charge is -2.37. The number of anilines is 1. The van der Waals surface area contributed by atoms with Crippen LogP contribution in [0.5, 0.6) is 0 Å². The molecule has 4 nitrogen and oxygen atoms in total. The lowest BCUT2D eigenvalue weighted by atomic mass is 10.1. The van der Waals surface area contributed by atoms with Gasteiger partial charge in [0, 0.05) is 29.4 Å². The normalized spacial score (nSPS) is 24.1. The number of ether oxygens (including phenoxy) is 1. The van der Waals surface area contributed by atoms with Crippen LogP contribution in [-0.4, -0.2) is 31.1 Å². The number of nitrogens with two attached hydrogens (primary N) is 1. The van der Waals surface area contributed by atoms with Crippen LogP contribution < -0.4 is 10.6 Å². The molecule has 1 aromatic carbocycles. The summed E-state index contributed by atoms with van der Waals surface area (Å²) < 4.78 is 5.71. The highest BCUT2D eigenvalue weighted by atomic mass is 35.5. The third-order valence-corrected chi connectivity index (χ3v) is 3.24. The highest BCUT2D eigenvalue weighted by molar-refractivity contribution is 6.31. The van der Waals surface area contributed by atoms with Crippen molar-refractivity contribution < 1.29 is 4.74 Å². The van der Waals surface area contributed by atoms with Crippen LogP contribution >= 0.6 is 11.6 Å². The maximum atomic E-state index is 7.65. The lowest BCUT2D eigenvalue weighted by Crippen LogP contribution is -2.46. The fourth-order valence-electron chi connectivity index (χ4n) is 2.37. The van der Waals surface area contributed by atoms with Crippen molar-refractivity contribution in [3.8, 4) is 0 Å². The molecule has 1 heterocycles. The van der Waals surface area contributed by atoms with Gasteiger partial charge in [0.15, 0.2) is 0 Å². The number of halogens is 1. The van der Waals surface area contributed by atoms with Gasteiger partial charge in [-0.25, -0.2) is 0 Å². The number of nitrogen functional groups attached to an aromatic ring is 1. The maximum Gasteiger partial charge on any atom is 0.124 e. The summed E-state index contributed by atoms with van der Waals surface area (Å²) in [7, 11) is 0. The summed E-state index contributed by atoms with van der Waals surface area (Å²) in [5, 5.41) is 8.25. The third kappa shape index (κ3) is 2.76. The Bertz CT molecular complexity index is 454. The number of hydrogen-bond acceptors (Lipinski definition) is 3. The Morgan fingerprint density at radius 3 is 2.56 bits per heavy atom. The topological polar surface area (TPSA) is 62.3 Å². The molecule has 1 aliphatic heterocycles. The van der Waals surface area contributed by atoms with Gasteiger partial charge in [0.1, 0.15) is 5.84 Å². The largest absolute Gasteiger partial charge is 0.384 e. The standard InChI is InChI=1S/C13H18ClN3O/c1-8-6-17(7-9(2)18-8)12-4-3-10(14)5-11(12)13(15)16/h3-5,8-9H,6-7H2,1-2H3,(H3,15,16). The quantitative estimate of drug-likeness (QED) is 0.638. The summed E-state index contributed by atoms with van der Waals surface area (Å²) >= 11 is 5.96. The van der Waals surface area contributed by atoms with Crippen LogP contribution in [0.2, 0.25) is 5.02 Å². The van der Waals surface area contributed by atoms with Gasteiger partial charge < -0.3 is 15.4 Å². The van der Waals surface area contributed by atoms with Crippen molar-refractivity contribution >= 4 is 23.1 Å². The minimum absolute atomic E-state index is 0.0410. The third-order valence-electron chi connectivity index (χ3n) is 3.01. The summed E-state index contributed by atoms with van der Waals surface area (Å²) in [4.78, 5) is 2.20. The van der Waals surface area contributed by atoms with Crippen molar-refractivity contribution in [3.05, 3.63) is 28.8 Å². The van der Waals surface area contributed by atoms with Crippen LogP contribution in [-0.2, 0) is 4.74 Å². The molecule has 98 valence electrons. The Morgan fingerprint density at radius 2 is 2.00 bits per heavy atom. The summed E-state index contributed by atoms with van der Waals surface area (Å²) in [6.07, 6.45) is 0.341. The van der Waals surface area contributed by atoms with Gasteiger partial charge >= 0.3 is 0 Å². The van der Waals surface area contributed by atoms with Crippen molar-refractivity contribution in [1.29, 1.82) is 5.41 Å². The van der Waals surface area contributed by atoms with Gasteiger partial charge in [0.25, 0.3) is 0 Å². The van der Waals surface area contributed by atoms with Crippen LogP contribution in [0.4, 0.5) is 5.69 Å². The number of amidine groups is 1. The van der Waals surface area contributed by atoms with E-state index in [-0.39, 0.29) is 18.0 Å². The van der Waals surface area contributed by atoms with Crippen molar-refractivity contribution in [2.75, 3.05) is 18.0 Å². The van der Waals surface area contributed by atoms with E-state index in [1.165, 1.54) is 0 Å². The molecule has 0 radical (unpaired) electrons. The van der Waals surface area contributed by atoms with E-state index >= 15 is 0 Å². The molecule has 1 saturated heterocycles. The molecule has 0 spiro atoms. The Hall–Kier alpha value is -1.26. The molecule has 1 aromatic rings. The lowest BCUT2D eigenvalue weighted by molar-refractivity contribution is -0.00522. The Kier molecular flexibility index (Phi) is 3.78. The number of morpholine rings is 1. The minimum atomic E-state index is 0.0410. The molecule has 0 aromatic heterocycles. The molecule has 2 atom stereocenters. The second kappa shape index (κ2) is 5.16. The maximum absolute atomic E-state index is 7.65. The smallest absolute Gasteiger partial charge is 0.124 e. The monoisotopic (exact) mass is 267 g/mol. The molecule has 0 saturated carbocycles. The average Bonchev–Trinajstić information content (AvgIpc) is 2.27. The second-order valence-electron chi connectivity index (χ2n) is 4.74. The Balaban J connectivity index is 2.35. The molecule has 5 heteroatoms. The van der Waals surface area contributed by atoms with Gasteiger partial charge in [-0.15, -0.1) is 0 Å². The van der Waals surface area contributed by atoms with E-state index in [9.17, 15) is 0 Å². The highest BCUT2D eigenvalue weighted by Crippen LogP contribution is 2.26. The van der Waals surface area contributed by atoms with Crippen molar-refractivity contribution in [1.82, 2.24) is 0 Å². The van der Waals surface area contributed by atoms with Crippen LogP contribution in [0.25, 0.3) is 0 Å². The average molecular weight is 268 g/mol. The molecule has 0 bridgehead atoms. The first-order chi connectivity index (χ1) is 8.47. The van der Waals surface area contributed by atoms with Gasteiger partial charge in [-0.05, 0) is 32.0 Å². The summed E-state index contributed by atoms with van der Waals surface area (Å²) in [6.45, 7) is 5.69. The second-order valence-corrected chi connectivity index (χ2v) is 5.17. The zero-order valence-corrected chi connectivity index (χ0v) is 11.4. The SMILES string of the molecule is CC1CN(c2ccc(Cl)cc2C(=N)N)CC(C)O1. The molecular formula is C13H18ClN3O. The highest BCUT2D eigenvalue weighted by Gasteiger charge is 2.24. The number of hydrogen-bond donors (Lipinski definition) is 2. The van der Waals surface area contributed by atoms with E-state index in [1.54, 1.807) is 6.07 Å². The Labute approximate surface area is 112 Å². The van der Waals surface area contributed by atoms with E-state index in [2.05, 4.69) is 4.90 Å². The molecule has 1 fully saturated rings. The van der Waals surface area contributed by atoms with Crippen LogP contribution in [0.1, 0.15) is 19.4 Å². The van der Waals surface area contributed by atoms with E-state index < -0.39 is 0 Å². The molecule has 0 amide bonds. The molecule has 18 heavy (non-hydrogen) atoms. The number of benzene rings is 1. The molecule has 2 unspecified atom stereocenters. The molecule has 0 aliphatic carbocycles. The van der Waals surface area contributed by atoms with E-state index in [1.807, 2.05) is 26.0 Å². The van der Waals surface area contributed by atoms with Crippen molar-refractivity contribution in [3.63, 3.8) is 0 Å². The van der Waals surface area contributed by atoms with Gasteiger partial charge in [-0.2, -0.15) is 0 Å². The van der Waals surface area contributed by atoms with Crippen LogP contribution in [0.15, 0.2) is 18.2 Å². The molecule has 3 N–H and O–H groups in total. The van der Waals surface area contributed by atoms with Gasteiger partial charge in [0.2, 0.25) is 0 Å². The van der Waals surface area contributed by atoms with Gasteiger partial charge in [-0.1, -0.05) is 11.6 Å². The zero-order valence-electron chi connectivity index (χ0n) is 10.6. The zero-order chi connectivity index (χ0) is 13.3. The van der Waals surface area contributed by atoms with E-state index in [0.717, 1.165) is 18.8 Å². The van der Waals surface area contributed by atoms with Crippen molar-refractivity contribution in [2.45, 2.75) is 26.1 Å². The molecule has 1 aliphatic rings. The van der Waals surface area contributed by atoms with E-state index in [0.29, 0.717) is 10.6 Å².